The summed E-state index contributed by atoms with van der Waals surface area (Å²) in [6, 6.07) is 0. The van der Waals surface area contributed by atoms with Gasteiger partial charge in [-0.25, -0.2) is 0 Å². The van der Waals surface area contributed by atoms with Crippen molar-refractivity contribution in [3.05, 3.63) is 72.9 Å². The maximum Gasteiger partial charge on any atom is 0.306 e. The van der Waals surface area contributed by atoms with Crippen molar-refractivity contribution in [3.8, 4) is 0 Å². The van der Waals surface area contributed by atoms with Crippen LogP contribution in [0.2, 0.25) is 0 Å². The van der Waals surface area contributed by atoms with Crippen LogP contribution in [0.3, 0.4) is 0 Å². The number of esters is 2. The Kier molecular flexibility index (Phi) is 35.0. The highest BCUT2D eigenvalue weighted by molar-refractivity contribution is 5.70. The summed E-state index contributed by atoms with van der Waals surface area (Å²) in [7, 11) is 0. The summed E-state index contributed by atoms with van der Waals surface area (Å²) in [5, 5.41) is 19.3. The molecule has 0 aromatic carbocycles. The lowest BCUT2D eigenvalue weighted by Gasteiger charge is -2.15. The van der Waals surface area contributed by atoms with Gasteiger partial charge in [0.1, 0.15) is 6.61 Å². The molecule has 0 aliphatic carbocycles. The van der Waals surface area contributed by atoms with Gasteiger partial charge in [0.25, 0.3) is 0 Å². The first kappa shape index (κ1) is 45.3. The molecule has 1 unspecified atom stereocenters. The minimum absolute atomic E-state index is 0.119. The number of unbranched alkanes of at least 4 members (excludes halogenated alkanes) is 13. The first-order valence-electron chi connectivity index (χ1n) is 19.1. The molecule has 48 heavy (non-hydrogen) atoms. The second kappa shape index (κ2) is 37.1. The van der Waals surface area contributed by atoms with Crippen LogP contribution in [0.1, 0.15) is 155 Å². The predicted octanol–water partition coefficient (Wildman–Crippen LogP) is 10.8. The molecule has 0 saturated carbocycles. The molecule has 0 saturated heterocycles. The molecule has 0 radical (unpaired) electrons. The van der Waals surface area contributed by atoms with E-state index in [-0.39, 0.29) is 31.6 Å². The molecule has 0 heterocycles. The third kappa shape index (κ3) is 34.6. The Balaban J connectivity index is 3.76. The van der Waals surface area contributed by atoms with E-state index in [4.69, 9.17) is 9.47 Å². The highest BCUT2D eigenvalue weighted by Crippen LogP contribution is 2.14. The number of hydrogen-bond acceptors (Lipinski definition) is 6. The van der Waals surface area contributed by atoms with Crippen molar-refractivity contribution in [1.82, 2.24) is 0 Å². The Morgan fingerprint density at radius 2 is 1.15 bits per heavy atom. The van der Waals surface area contributed by atoms with Gasteiger partial charge >= 0.3 is 11.9 Å². The van der Waals surface area contributed by atoms with Crippen molar-refractivity contribution in [1.29, 1.82) is 0 Å². The van der Waals surface area contributed by atoms with Crippen molar-refractivity contribution in [2.45, 2.75) is 167 Å². The minimum atomic E-state index is -0.812. The molecule has 0 aliphatic rings. The lowest BCUT2D eigenvalue weighted by Crippen LogP contribution is -2.28. The zero-order valence-corrected chi connectivity index (χ0v) is 30.6. The van der Waals surface area contributed by atoms with Crippen LogP contribution >= 0.6 is 0 Å². The van der Waals surface area contributed by atoms with Gasteiger partial charge in [0.15, 0.2) is 6.10 Å². The van der Waals surface area contributed by atoms with Crippen LogP contribution in [0.25, 0.3) is 0 Å². The van der Waals surface area contributed by atoms with Crippen LogP contribution in [0.5, 0.6) is 0 Å². The predicted molar refractivity (Wildman–Crippen MR) is 202 cm³/mol. The maximum atomic E-state index is 12.1. The second-order valence-corrected chi connectivity index (χ2v) is 12.5. The zero-order chi connectivity index (χ0) is 35.2. The van der Waals surface area contributed by atoms with Crippen molar-refractivity contribution in [2.24, 2.45) is 0 Å². The largest absolute Gasteiger partial charge is 0.462 e. The molecular formula is C42H70O6. The Labute approximate surface area is 294 Å². The highest BCUT2D eigenvalue weighted by Gasteiger charge is 2.15. The van der Waals surface area contributed by atoms with E-state index in [1.807, 2.05) is 30.4 Å². The number of aliphatic hydroxyl groups is 2. The second-order valence-electron chi connectivity index (χ2n) is 12.5. The van der Waals surface area contributed by atoms with Gasteiger partial charge in [-0.2, -0.15) is 0 Å². The fourth-order valence-corrected chi connectivity index (χ4v) is 4.96. The fourth-order valence-electron chi connectivity index (χ4n) is 4.96. The lowest BCUT2D eigenvalue weighted by molar-refractivity contribution is -0.161. The smallest absolute Gasteiger partial charge is 0.306 e. The molecule has 2 atom stereocenters. The summed E-state index contributed by atoms with van der Waals surface area (Å²) in [5.74, 6) is -0.713. The number of carbonyl (C=O) groups is 2. The van der Waals surface area contributed by atoms with Crippen LogP contribution in [-0.2, 0) is 19.1 Å². The Hall–Kier alpha value is -2.70. The number of carbonyl (C=O) groups excluding carboxylic acids is 2. The van der Waals surface area contributed by atoms with E-state index in [1.54, 1.807) is 6.08 Å². The number of hydrogen-bond donors (Lipinski definition) is 2. The molecule has 0 fully saturated rings. The average molecular weight is 671 g/mol. The van der Waals surface area contributed by atoms with Gasteiger partial charge in [0, 0.05) is 12.8 Å². The SMILES string of the molecule is CC/C=C\CC(O)/C=C/C=C/C/C=C\C/C=C\C/C=C\CCC(=O)OC[C@H](CO)OC(=O)CCCCCCCCCCCCCCCC. The summed E-state index contributed by atoms with van der Waals surface area (Å²) in [6.07, 6.45) is 45.8. The van der Waals surface area contributed by atoms with E-state index >= 15 is 0 Å². The standard InChI is InChI=1S/C42H70O6/c1-3-5-7-8-9-10-11-12-15-19-22-25-28-32-36-42(46)48-40(37-43)38-47-41(45)35-31-27-24-21-18-16-13-14-17-20-23-26-30-34-39(44)33-29-6-4-2/h6,14,16-18,23-24,26-27,29-30,34,39-40,43-44H,3-5,7-13,15,19-22,25,28,31-33,35-38H2,1-2H3/b17-14-,18-16-,26-23+,27-24-,29-6-,34-30+/t39?,40-/m0/s1. The number of ether oxygens (including phenoxy) is 2. The number of allylic oxidation sites excluding steroid dienone is 10. The van der Waals surface area contributed by atoms with E-state index in [0.717, 1.165) is 44.9 Å². The van der Waals surface area contributed by atoms with Gasteiger partial charge in [-0.3, -0.25) is 9.59 Å². The Morgan fingerprint density at radius 1 is 0.604 bits per heavy atom. The van der Waals surface area contributed by atoms with E-state index in [9.17, 15) is 19.8 Å². The highest BCUT2D eigenvalue weighted by atomic mass is 16.6. The first-order chi connectivity index (χ1) is 23.5. The monoisotopic (exact) mass is 671 g/mol. The maximum absolute atomic E-state index is 12.1. The molecule has 2 N–H and O–H groups in total. The van der Waals surface area contributed by atoms with Crippen molar-refractivity contribution in [2.75, 3.05) is 13.2 Å². The molecule has 0 aromatic rings. The van der Waals surface area contributed by atoms with Gasteiger partial charge in [-0.15, -0.1) is 0 Å². The van der Waals surface area contributed by atoms with Gasteiger partial charge < -0.3 is 19.7 Å². The quantitative estimate of drug-likeness (QED) is 0.0312. The van der Waals surface area contributed by atoms with E-state index in [1.165, 1.54) is 70.6 Å². The topological polar surface area (TPSA) is 93.1 Å². The van der Waals surface area contributed by atoms with Gasteiger partial charge in [0.05, 0.1) is 12.7 Å². The average Bonchev–Trinajstić information content (AvgIpc) is 3.08. The molecule has 6 nitrogen and oxygen atoms in total. The summed E-state index contributed by atoms with van der Waals surface area (Å²) in [4.78, 5) is 24.2. The number of rotatable bonds is 33. The molecule has 6 heteroatoms. The fraction of sp³-hybridized carbons (Fsp3) is 0.667. The normalized spacial score (nSPS) is 13.7. The Morgan fingerprint density at radius 3 is 1.71 bits per heavy atom. The third-order valence-electron chi connectivity index (χ3n) is 7.86. The van der Waals surface area contributed by atoms with Crippen molar-refractivity contribution >= 4 is 11.9 Å². The van der Waals surface area contributed by atoms with Crippen LogP contribution in [-0.4, -0.2) is 47.6 Å². The van der Waals surface area contributed by atoms with Crippen LogP contribution in [0.4, 0.5) is 0 Å². The van der Waals surface area contributed by atoms with E-state index in [0.29, 0.717) is 19.3 Å². The molecule has 0 amide bonds. The summed E-state index contributed by atoms with van der Waals surface area (Å²) >= 11 is 0. The molecular weight excluding hydrogens is 600 g/mol. The summed E-state index contributed by atoms with van der Waals surface area (Å²) in [5.41, 5.74) is 0. The molecule has 0 bridgehead atoms. The number of aliphatic hydroxyl groups excluding tert-OH is 2. The third-order valence-corrected chi connectivity index (χ3v) is 7.86. The molecule has 0 aromatic heterocycles. The Bertz CT molecular complexity index is 913. The minimum Gasteiger partial charge on any atom is -0.462 e. The molecule has 0 spiro atoms. The van der Waals surface area contributed by atoms with Crippen molar-refractivity contribution < 1.29 is 29.3 Å². The van der Waals surface area contributed by atoms with Gasteiger partial charge in [-0.05, 0) is 44.9 Å². The van der Waals surface area contributed by atoms with Gasteiger partial charge in [-0.1, -0.05) is 170 Å². The molecule has 274 valence electrons. The van der Waals surface area contributed by atoms with Crippen LogP contribution in [0.15, 0.2) is 72.9 Å². The van der Waals surface area contributed by atoms with E-state index in [2.05, 4.69) is 50.3 Å². The van der Waals surface area contributed by atoms with Crippen LogP contribution < -0.4 is 0 Å². The zero-order valence-electron chi connectivity index (χ0n) is 30.6. The lowest BCUT2D eigenvalue weighted by atomic mass is 10.0. The van der Waals surface area contributed by atoms with Gasteiger partial charge in [0.2, 0.25) is 0 Å². The van der Waals surface area contributed by atoms with E-state index < -0.39 is 12.2 Å². The summed E-state index contributed by atoms with van der Waals surface area (Å²) in [6.45, 7) is 3.85. The van der Waals surface area contributed by atoms with Crippen LogP contribution in [0, 0.1) is 0 Å². The first-order valence-corrected chi connectivity index (χ1v) is 19.1. The summed E-state index contributed by atoms with van der Waals surface area (Å²) < 4.78 is 10.5. The molecule has 0 aliphatic heterocycles. The molecule has 0 rings (SSSR count). The van der Waals surface area contributed by atoms with Crippen molar-refractivity contribution in [3.63, 3.8) is 0 Å².